The molecule has 1 amide bonds. The summed E-state index contributed by atoms with van der Waals surface area (Å²) in [5.74, 6) is -1.69. The number of aromatic hydroxyl groups is 1. The van der Waals surface area contributed by atoms with Crippen molar-refractivity contribution in [2.45, 2.75) is 18.7 Å². The van der Waals surface area contributed by atoms with E-state index in [1.165, 1.54) is 40.7 Å². The third-order valence-corrected chi connectivity index (χ3v) is 6.42. The summed E-state index contributed by atoms with van der Waals surface area (Å²) in [7, 11) is -3.73. The van der Waals surface area contributed by atoms with Crippen molar-refractivity contribution in [3.05, 3.63) is 53.8 Å². The second kappa shape index (κ2) is 8.10. The zero-order valence-electron chi connectivity index (χ0n) is 15.8. The average Bonchev–Trinajstić information content (AvgIpc) is 3.01. The van der Waals surface area contributed by atoms with Gasteiger partial charge in [0.05, 0.1) is 10.4 Å². The predicted molar refractivity (Wildman–Crippen MR) is 105 cm³/mol. The third-order valence-electron chi connectivity index (χ3n) is 4.38. The molecule has 0 aliphatic carbocycles. The predicted octanol–water partition coefficient (Wildman–Crippen LogP) is 3.97. The number of benzene rings is 2. The molecule has 0 unspecified atom stereocenters. The van der Waals surface area contributed by atoms with Crippen LogP contribution in [0.15, 0.2) is 57.6 Å². The van der Waals surface area contributed by atoms with Gasteiger partial charge in [0.15, 0.2) is 5.69 Å². The Bertz CT molecular complexity index is 1200. The van der Waals surface area contributed by atoms with Crippen molar-refractivity contribution in [3.8, 4) is 5.88 Å². The number of nitrogens with one attached hydrogen (secondary N) is 1. The monoisotopic (exact) mass is 418 g/mol. The Morgan fingerprint density at radius 2 is 1.90 bits per heavy atom. The number of H-pyrrole nitrogens is 1. The van der Waals surface area contributed by atoms with Gasteiger partial charge in [0.1, 0.15) is 5.82 Å². The lowest BCUT2D eigenvalue weighted by Gasteiger charge is -2.18. The van der Waals surface area contributed by atoms with Gasteiger partial charge in [-0.1, -0.05) is 19.9 Å². The number of amides is 1. The highest BCUT2D eigenvalue weighted by atomic mass is 32.2. The van der Waals surface area contributed by atoms with E-state index in [0.717, 1.165) is 6.07 Å². The summed E-state index contributed by atoms with van der Waals surface area (Å²) in [5, 5.41) is 17.5. The Labute approximate surface area is 166 Å². The van der Waals surface area contributed by atoms with Gasteiger partial charge in [-0.25, -0.2) is 12.8 Å². The fraction of sp³-hybridized carbons (Fsp3) is 0.211. The first kappa shape index (κ1) is 20.6. The molecule has 0 aliphatic heterocycles. The topological polar surface area (TPSA) is 115 Å². The van der Waals surface area contributed by atoms with Crippen molar-refractivity contribution < 1.29 is 22.7 Å². The standard InChI is InChI=1S/C19H19FN4O4S/c1-3-24(4-2)29(27,28)14-7-5-6-12(10-14)18(25)23-22-17-15-11-13(20)8-9-16(15)21-19(17)26/h5-11,21,26H,3-4H2,1-2H3. The molecule has 29 heavy (non-hydrogen) atoms. The highest BCUT2D eigenvalue weighted by Gasteiger charge is 2.22. The maximum Gasteiger partial charge on any atom is 0.295 e. The lowest BCUT2D eigenvalue weighted by Crippen LogP contribution is -2.30. The summed E-state index contributed by atoms with van der Waals surface area (Å²) in [6.07, 6.45) is 0. The van der Waals surface area contributed by atoms with Crippen LogP contribution in [0.2, 0.25) is 0 Å². The Kier molecular flexibility index (Phi) is 5.76. The van der Waals surface area contributed by atoms with Crippen molar-refractivity contribution in [1.82, 2.24) is 9.29 Å². The molecule has 0 bridgehead atoms. The number of carbonyl (C=O) groups excluding carboxylic acids is 1. The lowest BCUT2D eigenvalue weighted by atomic mass is 10.2. The molecule has 152 valence electrons. The number of aromatic amines is 1. The van der Waals surface area contributed by atoms with Gasteiger partial charge >= 0.3 is 0 Å². The highest BCUT2D eigenvalue weighted by Crippen LogP contribution is 2.35. The summed E-state index contributed by atoms with van der Waals surface area (Å²) in [4.78, 5) is 15.0. The second-order valence-electron chi connectivity index (χ2n) is 6.13. The zero-order chi connectivity index (χ0) is 21.2. The molecule has 2 aromatic carbocycles. The van der Waals surface area contributed by atoms with E-state index in [9.17, 15) is 22.7 Å². The number of nitrogens with zero attached hydrogens (tertiary/aromatic N) is 3. The molecule has 1 heterocycles. The summed E-state index contributed by atoms with van der Waals surface area (Å²) < 4.78 is 40.0. The van der Waals surface area contributed by atoms with Crippen molar-refractivity contribution in [3.63, 3.8) is 0 Å². The van der Waals surface area contributed by atoms with E-state index in [2.05, 4.69) is 15.2 Å². The van der Waals surface area contributed by atoms with Crippen LogP contribution in [0.3, 0.4) is 0 Å². The van der Waals surface area contributed by atoms with E-state index in [0.29, 0.717) is 18.6 Å². The summed E-state index contributed by atoms with van der Waals surface area (Å²) >= 11 is 0. The molecule has 0 fully saturated rings. The van der Waals surface area contributed by atoms with Crippen molar-refractivity contribution in [1.29, 1.82) is 0 Å². The maximum atomic E-state index is 13.5. The van der Waals surface area contributed by atoms with E-state index in [-0.39, 0.29) is 27.4 Å². The molecule has 10 heteroatoms. The minimum Gasteiger partial charge on any atom is -0.493 e. The van der Waals surface area contributed by atoms with E-state index >= 15 is 0 Å². The van der Waals surface area contributed by atoms with Gasteiger partial charge in [0, 0.05) is 24.0 Å². The Morgan fingerprint density at radius 3 is 2.59 bits per heavy atom. The van der Waals surface area contributed by atoms with Crippen LogP contribution in [-0.4, -0.2) is 41.8 Å². The number of hydrogen-bond acceptors (Lipinski definition) is 5. The molecule has 0 saturated heterocycles. The van der Waals surface area contributed by atoms with Crippen LogP contribution in [0.4, 0.5) is 10.1 Å². The molecule has 0 aliphatic rings. The number of rotatable bonds is 6. The van der Waals surface area contributed by atoms with Crippen LogP contribution in [0, 0.1) is 5.82 Å². The zero-order valence-corrected chi connectivity index (χ0v) is 16.6. The minimum atomic E-state index is -3.73. The molecule has 3 rings (SSSR count). The molecule has 0 radical (unpaired) electrons. The maximum absolute atomic E-state index is 13.5. The van der Waals surface area contributed by atoms with Gasteiger partial charge in [0.2, 0.25) is 15.9 Å². The normalized spacial score (nSPS) is 12.3. The van der Waals surface area contributed by atoms with Crippen LogP contribution in [-0.2, 0) is 10.0 Å². The molecule has 3 aromatic rings. The van der Waals surface area contributed by atoms with Crippen molar-refractivity contribution in [2.75, 3.05) is 13.1 Å². The first-order valence-corrected chi connectivity index (χ1v) is 10.3. The number of fused-ring (bicyclic) bond motifs is 1. The second-order valence-corrected chi connectivity index (χ2v) is 8.07. The highest BCUT2D eigenvalue weighted by molar-refractivity contribution is 7.89. The minimum absolute atomic E-state index is 0.0208. The van der Waals surface area contributed by atoms with E-state index in [1.54, 1.807) is 13.8 Å². The van der Waals surface area contributed by atoms with Crippen molar-refractivity contribution >= 4 is 32.5 Å². The largest absolute Gasteiger partial charge is 0.493 e. The van der Waals surface area contributed by atoms with Crippen LogP contribution >= 0.6 is 0 Å². The van der Waals surface area contributed by atoms with Gasteiger partial charge in [-0.15, -0.1) is 10.2 Å². The molecule has 0 spiro atoms. The van der Waals surface area contributed by atoms with Crippen LogP contribution in [0.5, 0.6) is 5.88 Å². The van der Waals surface area contributed by atoms with Gasteiger partial charge in [-0.05, 0) is 36.4 Å². The first-order valence-electron chi connectivity index (χ1n) is 8.84. The van der Waals surface area contributed by atoms with Gasteiger partial charge in [-0.2, -0.15) is 4.31 Å². The Hall–Kier alpha value is -3.11. The fourth-order valence-corrected chi connectivity index (χ4v) is 4.40. The molecular formula is C19H19FN4O4S. The van der Waals surface area contributed by atoms with E-state index in [4.69, 9.17) is 0 Å². The van der Waals surface area contributed by atoms with E-state index < -0.39 is 21.7 Å². The SMILES string of the molecule is CCN(CC)S(=O)(=O)c1cccc(C(=O)N=Nc2c(O)[nH]c3ccc(F)cc23)c1. The first-order chi connectivity index (χ1) is 13.8. The van der Waals surface area contributed by atoms with Crippen molar-refractivity contribution in [2.24, 2.45) is 10.2 Å². The average molecular weight is 418 g/mol. The smallest absolute Gasteiger partial charge is 0.295 e. The van der Waals surface area contributed by atoms with Gasteiger partial charge < -0.3 is 10.1 Å². The Balaban J connectivity index is 1.93. The fourth-order valence-electron chi connectivity index (χ4n) is 2.89. The molecule has 1 aromatic heterocycles. The molecule has 2 N–H and O–H groups in total. The number of carbonyl (C=O) groups is 1. The summed E-state index contributed by atoms with van der Waals surface area (Å²) in [6.45, 7) is 4.04. The molecular weight excluding hydrogens is 399 g/mol. The number of hydrogen-bond donors (Lipinski definition) is 2. The number of aromatic nitrogens is 1. The Morgan fingerprint density at radius 1 is 1.17 bits per heavy atom. The number of sulfonamides is 1. The number of azo groups is 1. The van der Waals surface area contributed by atoms with Gasteiger partial charge in [0.25, 0.3) is 5.91 Å². The molecule has 8 nitrogen and oxygen atoms in total. The van der Waals surface area contributed by atoms with Gasteiger partial charge in [-0.3, -0.25) is 4.79 Å². The number of halogens is 1. The molecule has 0 saturated carbocycles. The summed E-state index contributed by atoms with van der Waals surface area (Å²) in [6, 6.07) is 9.27. The lowest BCUT2D eigenvalue weighted by molar-refractivity contribution is 0.0995. The van der Waals surface area contributed by atoms with Crippen LogP contribution in [0.25, 0.3) is 10.9 Å². The quantitative estimate of drug-likeness (QED) is 0.589. The molecule has 0 atom stereocenters. The van der Waals surface area contributed by atoms with Crippen LogP contribution < -0.4 is 0 Å². The third kappa shape index (κ3) is 4.03. The van der Waals surface area contributed by atoms with Crippen LogP contribution in [0.1, 0.15) is 24.2 Å². The van der Waals surface area contributed by atoms with E-state index in [1.807, 2.05) is 0 Å². The summed E-state index contributed by atoms with van der Waals surface area (Å²) in [5.41, 5.74) is 0.366.